The molecule has 206 valence electrons. The minimum absolute atomic E-state index is 0.0106. The van der Waals surface area contributed by atoms with Crippen molar-refractivity contribution in [2.24, 2.45) is 0 Å². The van der Waals surface area contributed by atoms with Gasteiger partial charge in [-0.05, 0) is 62.3 Å². The number of carboxylic acid groups (broad SMARTS) is 1. The number of carboxylic acids is 1. The minimum atomic E-state index is -3.13. The maximum atomic E-state index is 15.6. The van der Waals surface area contributed by atoms with Gasteiger partial charge in [0.1, 0.15) is 23.5 Å². The number of hydrogen-bond donors (Lipinski definition) is 1. The highest BCUT2D eigenvalue weighted by Crippen LogP contribution is 2.42. The molecule has 0 bridgehead atoms. The molecule has 3 atom stereocenters. The lowest BCUT2D eigenvalue weighted by atomic mass is 9.83. The Morgan fingerprint density at radius 1 is 1.18 bits per heavy atom. The Morgan fingerprint density at radius 2 is 1.89 bits per heavy atom. The van der Waals surface area contributed by atoms with Crippen molar-refractivity contribution in [1.82, 2.24) is 4.90 Å². The van der Waals surface area contributed by atoms with Gasteiger partial charge in [-0.3, -0.25) is 9.29 Å². The number of carbonyl (C=O) groups is 1. The number of nitrogens with zero attached hydrogens (tertiary/aromatic N) is 1. The maximum Gasteiger partial charge on any atom is 0.335 e. The van der Waals surface area contributed by atoms with Crippen molar-refractivity contribution in [2.75, 3.05) is 13.2 Å². The van der Waals surface area contributed by atoms with Gasteiger partial charge in [0.05, 0.1) is 24.8 Å². The van der Waals surface area contributed by atoms with Crippen LogP contribution in [0.1, 0.15) is 79.0 Å². The SMILES string of the molecule is C[C@@H]1Cc2cc(C(=O)O)ccc2[C@@H](c2c(F)cc(OC3CCC(=CCCCF)C3)cc2F)N1CC(C)(F)F. The molecule has 0 amide bonds. The van der Waals surface area contributed by atoms with Crippen LogP contribution in [0.4, 0.5) is 22.0 Å². The highest BCUT2D eigenvalue weighted by atomic mass is 19.3. The van der Waals surface area contributed by atoms with Crippen LogP contribution >= 0.6 is 0 Å². The van der Waals surface area contributed by atoms with E-state index in [2.05, 4.69) is 0 Å². The Kier molecular flexibility index (Phi) is 8.45. The summed E-state index contributed by atoms with van der Waals surface area (Å²) in [5.74, 6) is -6.11. The highest BCUT2D eigenvalue weighted by Gasteiger charge is 2.41. The molecule has 1 N–H and O–H groups in total. The molecule has 9 heteroatoms. The number of allylic oxidation sites excluding steroid dienone is 1. The fourth-order valence-corrected chi connectivity index (χ4v) is 5.54. The molecule has 1 saturated carbocycles. The van der Waals surface area contributed by atoms with Crippen LogP contribution in [-0.4, -0.2) is 47.3 Å². The molecule has 0 radical (unpaired) electrons. The van der Waals surface area contributed by atoms with Crippen molar-refractivity contribution in [3.8, 4) is 5.75 Å². The van der Waals surface area contributed by atoms with Gasteiger partial charge in [-0.2, -0.15) is 0 Å². The van der Waals surface area contributed by atoms with Crippen LogP contribution in [-0.2, 0) is 6.42 Å². The Morgan fingerprint density at radius 3 is 2.53 bits per heavy atom. The first-order valence-electron chi connectivity index (χ1n) is 12.9. The van der Waals surface area contributed by atoms with Crippen LogP contribution in [0.15, 0.2) is 42.0 Å². The minimum Gasteiger partial charge on any atom is -0.490 e. The molecular weight excluding hydrogens is 505 g/mol. The summed E-state index contributed by atoms with van der Waals surface area (Å²) in [6.45, 7) is 1.33. The molecule has 2 aromatic rings. The van der Waals surface area contributed by atoms with E-state index in [1.165, 1.54) is 23.1 Å². The second kappa shape index (κ2) is 11.4. The van der Waals surface area contributed by atoms with E-state index in [0.717, 1.165) is 31.1 Å². The zero-order valence-electron chi connectivity index (χ0n) is 21.5. The Labute approximate surface area is 219 Å². The summed E-state index contributed by atoms with van der Waals surface area (Å²) in [5, 5.41) is 9.38. The van der Waals surface area contributed by atoms with E-state index < -0.39 is 42.2 Å². The summed E-state index contributed by atoms with van der Waals surface area (Å²) in [6.07, 6.45) is 5.11. The van der Waals surface area contributed by atoms with Crippen LogP contribution in [0.2, 0.25) is 0 Å². The van der Waals surface area contributed by atoms with E-state index in [9.17, 15) is 23.1 Å². The Balaban J connectivity index is 1.67. The summed E-state index contributed by atoms with van der Waals surface area (Å²) in [5.41, 5.74) is 1.71. The molecule has 4 rings (SSSR count). The van der Waals surface area contributed by atoms with Crippen LogP contribution in [0.3, 0.4) is 0 Å². The third kappa shape index (κ3) is 6.37. The molecule has 1 aliphatic heterocycles. The average molecular weight is 538 g/mol. The van der Waals surface area contributed by atoms with Gasteiger partial charge in [-0.1, -0.05) is 17.7 Å². The van der Waals surface area contributed by atoms with E-state index in [1.54, 1.807) is 6.92 Å². The van der Waals surface area contributed by atoms with E-state index in [0.29, 0.717) is 36.8 Å². The third-order valence-electron chi connectivity index (χ3n) is 7.23. The molecule has 0 saturated heterocycles. The predicted molar refractivity (Wildman–Crippen MR) is 134 cm³/mol. The van der Waals surface area contributed by atoms with Gasteiger partial charge >= 0.3 is 5.97 Å². The summed E-state index contributed by atoms with van der Waals surface area (Å²) < 4.78 is 77.8. The molecule has 1 unspecified atom stereocenters. The number of aromatic carboxylic acids is 1. The van der Waals surface area contributed by atoms with Crippen LogP contribution < -0.4 is 4.74 Å². The van der Waals surface area contributed by atoms with E-state index in [4.69, 9.17) is 4.74 Å². The number of ether oxygens (including phenoxy) is 1. The maximum absolute atomic E-state index is 15.6. The molecule has 1 aliphatic carbocycles. The summed E-state index contributed by atoms with van der Waals surface area (Å²) in [6, 6.07) is 4.67. The normalized spacial score (nSPS) is 23.0. The number of alkyl halides is 3. The molecule has 2 aromatic carbocycles. The van der Waals surface area contributed by atoms with Gasteiger partial charge < -0.3 is 9.84 Å². The monoisotopic (exact) mass is 537 g/mol. The number of hydrogen-bond acceptors (Lipinski definition) is 3. The van der Waals surface area contributed by atoms with Crippen molar-refractivity contribution < 1.29 is 36.6 Å². The quantitative estimate of drug-likeness (QED) is 0.208. The number of unbranched alkanes of at least 4 members (excludes halogenated alkanes) is 1. The van der Waals surface area contributed by atoms with Gasteiger partial charge in [0.2, 0.25) is 0 Å². The van der Waals surface area contributed by atoms with Crippen LogP contribution in [0, 0.1) is 11.6 Å². The molecule has 38 heavy (non-hydrogen) atoms. The highest BCUT2D eigenvalue weighted by molar-refractivity contribution is 5.88. The lowest BCUT2D eigenvalue weighted by Crippen LogP contribution is -2.48. The third-order valence-corrected chi connectivity index (χ3v) is 7.23. The largest absolute Gasteiger partial charge is 0.490 e. The number of rotatable bonds is 9. The Hall–Kier alpha value is -2.94. The average Bonchev–Trinajstić information content (AvgIpc) is 3.26. The lowest BCUT2D eigenvalue weighted by molar-refractivity contribution is -0.0371. The summed E-state index contributed by atoms with van der Waals surface area (Å²) in [7, 11) is 0. The molecule has 2 aliphatic rings. The molecule has 0 aromatic heterocycles. The molecule has 4 nitrogen and oxygen atoms in total. The van der Waals surface area contributed by atoms with Crippen LogP contribution in [0.25, 0.3) is 0 Å². The standard InChI is InChI=1S/C29H32F5NO3/c1-17-11-20-13-19(28(36)37)7-9-23(20)27(35(17)16-29(2,33)34)26-24(31)14-22(15-25(26)32)38-21-8-6-18(12-21)5-3-4-10-30/h5,7,9,13-15,17,21,27H,3-4,6,8,10-12,16H2,1-2H3,(H,36,37)/t17-,21?,27+/m1/s1. The van der Waals surface area contributed by atoms with Gasteiger partial charge in [0.15, 0.2) is 0 Å². The molecule has 1 fully saturated rings. The van der Waals surface area contributed by atoms with Crippen molar-refractivity contribution >= 4 is 5.97 Å². The van der Waals surface area contributed by atoms with Crippen molar-refractivity contribution in [1.29, 1.82) is 0 Å². The number of fused-ring (bicyclic) bond motifs is 1. The van der Waals surface area contributed by atoms with Gasteiger partial charge in [0, 0.05) is 37.1 Å². The van der Waals surface area contributed by atoms with Crippen molar-refractivity contribution in [3.63, 3.8) is 0 Å². The van der Waals surface area contributed by atoms with Crippen molar-refractivity contribution in [2.45, 2.75) is 76.5 Å². The van der Waals surface area contributed by atoms with Crippen LogP contribution in [0.5, 0.6) is 5.75 Å². The summed E-state index contributed by atoms with van der Waals surface area (Å²) in [4.78, 5) is 12.9. The Bertz CT molecular complexity index is 1190. The second-order valence-corrected chi connectivity index (χ2v) is 10.4. The first-order chi connectivity index (χ1) is 18.0. The topological polar surface area (TPSA) is 49.8 Å². The predicted octanol–water partition coefficient (Wildman–Crippen LogP) is 7.26. The second-order valence-electron chi connectivity index (χ2n) is 10.4. The molecular formula is C29H32F5NO3. The van der Waals surface area contributed by atoms with Gasteiger partial charge in [-0.25, -0.2) is 22.4 Å². The number of benzene rings is 2. The zero-order valence-corrected chi connectivity index (χ0v) is 21.5. The summed E-state index contributed by atoms with van der Waals surface area (Å²) >= 11 is 0. The van der Waals surface area contributed by atoms with Gasteiger partial charge in [-0.15, -0.1) is 0 Å². The smallest absolute Gasteiger partial charge is 0.335 e. The van der Waals surface area contributed by atoms with Crippen molar-refractivity contribution in [3.05, 3.63) is 75.9 Å². The van der Waals surface area contributed by atoms with E-state index in [-0.39, 0.29) is 36.1 Å². The molecule has 1 heterocycles. The first-order valence-corrected chi connectivity index (χ1v) is 12.9. The van der Waals surface area contributed by atoms with E-state index in [1.807, 2.05) is 6.08 Å². The van der Waals surface area contributed by atoms with E-state index >= 15 is 8.78 Å². The first kappa shape index (κ1) is 28.1. The fraction of sp³-hybridized carbons (Fsp3) is 0.483. The van der Waals surface area contributed by atoms with Gasteiger partial charge in [0.25, 0.3) is 5.92 Å². The molecule has 0 spiro atoms. The number of halogens is 5. The zero-order chi connectivity index (χ0) is 27.6. The lowest BCUT2D eigenvalue weighted by Gasteiger charge is -2.43. The fourth-order valence-electron chi connectivity index (χ4n) is 5.54.